The van der Waals surface area contributed by atoms with Crippen LogP contribution in [0.5, 0.6) is 5.75 Å². The van der Waals surface area contributed by atoms with Gasteiger partial charge in [-0.2, -0.15) is 57.1 Å². The fraction of sp³-hybridized carbons (Fsp3) is 0.759. The standard InChI is InChI=1S/C29H37F13O3/c1-8-18(5)23(7,16-22(6,9-2)10-3)21(43)44-15-17(4)19-11-13-20(14-12-19)45-29(41,42)27(36,37)25(32,33)24(30,31)26(34,35)28(38,39)40/h11-14,17-18H,8-10,15-16H2,1-7H3. The minimum atomic E-state index is -8.01. The zero-order chi connectivity index (χ0) is 35.7. The van der Waals surface area contributed by atoms with E-state index in [0.29, 0.717) is 25.0 Å². The molecular formula is C29H37F13O3. The molecule has 3 nitrogen and oxygen atoms in total. The Morgan fingerprint density at radius 1 is 0.711 bits per heavy atom. The molecule has 0 fully saturated rings. The van der Waals surface area contributed by atoms with E-state index >= 15 is 0 Å². The number of rotatable bonds is 16. The smallest absolute Gasteiger partial charge is 0.465 e. The van der Waals surface area contributed by atoms with Gasteiger partial charge in [0.25, 0.3) is 0 Å². The molecule has 0 amide bonds. The Labute approximate surface area is 252 Å². The van der Waals surface area contributed by atoms with Gasteiger partial charge in [-0.05, 0) is 42.4 Å². The van der Waals surface area contributed by atoms with Crippen LogP contribution < -0.4 is 4.74 Å². The van der Waals surface area contributed by atoms with Gasteiger partial charge in [0, 0.05) is 5.92 Å². The summed E-state index contributed by atoms with van der Waals surface area (Å²) in [5.41, 5.74) is -0.799. The molecule has 0 heterocycles. The van der Waals surface area contributed by atoms with Crippen LogP contribution in [-0.2, 0) is 9.53 Å². The largest absolute Gasteiger partial charge is 0.471 e. The van der Waals surface area contributed by atoms with Crippen molar-refractivity contribution in [3.8, 4) is 5.75 Å². The Bertz CT molecular complexity index is 1130. The lowest BCUT2D eigenvalue weighted by molar-refractivity contribution is -0.456. The van der Waals surface area contributed by atoms with Crippen molar-refractivity contribution in [2.75, 3.05) is 6.61 Å². The Kier molecular flexibility index (Phi) is 12.1. The molecule has 0 aliphatic rings. The lowest BCUT2D eigenvalue weighted by Crippen LogP contribution is -2.70. The molecule has 16 heteroatoms. The first-order valence-electron chi connectivity index (χ1n) is 14.0. The molecule has 0 N–H and O–H groups in total. The lowest BCUT2D eigenvalue weighted by atomic mass is 9.64. The molecule has 0 aromatic heterocycles. The van der Waals surface area contributed by atoms with Crippen LogP contribution >= 0.6 is 0 Å². The first kappa shape index (κ1) is 40.6. The Morgan fingerprint density at radius 2 is 1.16 bits per heavy atom. The van der Waals surface area contributed by atoms with Gasteiger partial charge >= 0.3 is 41.9 Å². The average Bonchev–Trinajstić information content (AvgIpc) is 2.94. The van der Waals surface area contributed by atoms with E-state index < -0.39 is 59.0 Å². The van der Waals surface area contributed by atoms with Gasteiger partial charge in [-0.15, -0.1) is 0 Å². The molecule has 3 atom stereocenters. The van der Waals surface area contributed by atoms with Gasteiger partial charge in [0.15, 0.2) is 0 Å². The second kappa shape index (κ2) is 13.4. The topological polar surface area (TPSA) is 35.5 Å². The first-order chi connectivity index (χ1) is 20.0. The van der Waals surface area contributed by atoms with Crippen molar-refractivity contribution in [1.82, 2.24) is 0 Å². The van der Waals surface area contributed by atoms with E-state index in [0.717, 1.165) is 25.0 Å². The predicted octanol–water partition coefficient (Wildman–Crippen LogP) is 10.7. The van der Waals surface area contributed by atoms with E-state index in [9.17, 15) is 61.9 Å². The highest BCUT2D eigenvalue weighted by Crippen LogP contribution is 2.60. The Balaban J connectivity index is 3.15. The van der Waals surface area contributed by atoms with Crippen LogP contribution in [0.25, 0.3) is 0 Å². The molecule has 0 radical (unpaired) electrons. The van der Waals surface area contributed by atoms with Crippen LogP contribution in [0.3, 0.4) is 0 Å². The van der Waals surface area contributed by atoms with Gasteiger partial charge in [-0.25, -0.2) is 0 Å². The second-order valence-electron chi connectivity index (χ2n) is 11.9. The molecular weight excluding hydrogens is 643 g/mol. The molecule has 0 bridgehead atoms. The van der Waals surface area contributed by atoms with Crippen LogP contribution in [0.4, 0.5) is 57.1 Å². The highest BCUT2D eigenvalue weighted by Gasteiger charge is 2.91. The van der Waals surface area contributed by atoms with Crippen molar-refractivity contribution < 1.29 is 71.3 Å². The van der Waals surface area contributed by atoms with Crippen molar-refractivity contribution in [2.24, 2.45) is 16.7 Å². The highest BCUT2D eigenvalue weighted by atomic mass is 19.4. The number of alkyl halides is 13. The molecule has 0 aliphatic carbocycles. The molecule has 1 aromatic carbocycles. The summed E-state index contributed by atoms with van der Waals surface area (Å²) in [5, 5.41) is 0. The molecule has 262 valence electrons. The van der Waals surface area contributed by atoms with Gasteiger partial charge in [-0.1, -0.05) is 72.9 Å². The summed E-state index contributed by atoms with van der Waals surface area (Å²) in [4.78, 5) is 13.3. The maximum absolute atomic E-state index is 14.1. The van der Waals surface area contributed by atoms with E-state index in [1.165, 1.54) is 6.92 Å². The SMILES string of the molecule is CCC(C)C(C)(CC(C)(CC)CC)C(=O)OCC(C)c1ccc(OC(F)(F)C(F)(F)C(F)(F)C(F)(F)C(F)(F)C(F)(F)F)cc1. The first-order valence-corrected chi connectivity index (χ1v) is 14.0. The third kappa shape index (κ3) is 7.60. The van der Waals surface area contributed by atoms with Gasteiger partial charge < -0.3 is 9.47 Å². The number of carbonyl (C=O) groups is 1. The van der Waals surface area contributed by atoms with E-state index in [-0.39, 0.29) is 23.5 Å². The summed E-state index contributed by atoms with van der Waals surface area (Å²) in [6.45, 7) is 13.0. The third-order valence-corrected chi connectivity index (χ3v) is 8.73. The summed E-state index contributed by atoms with van der Waals surface area (Å²) in [6, 6.07) is 2.92. The molecule has 0 spiro atoms. The van der Waals surface area contributed by atoms with Crippen molar-refractivity contribution in [1.29, 1.82) is 0 Å². The molecule has 0 saturated heterocycles. The van der Waals surface area contributed by atoms with E-state index in [4.69, 9.17) is 4.74 Å². The van der Waals surface area contributed by atoms with Crippen LogP contribution in [0.1, 0.15) is 85.6 Å². The summed E-state index contributed by atoms with van der Waals surface area (Å²) in [7, 11) is 0. The highest BCUT2D eigenvalue weighted by molar-refractivity contribution is 5.77. The predicted molar refractivity (Wildman–Crippen MR) is 138 cm³/mol. The number of ether oxygens (including phenoxy) is 2. The van der Waals surface area contributed by atoms with E-state index in [1.54, 1.807) is 6.92 Å². The van der Waals surface area contributed by atoms with Gasteiger partial charge in [0.05, 0.1) is 12.0 Å². The lowest BCUT2D eigenvalue weighted by Gasteiger charge is -2.40. The third-order valence-electron chi connectivity index (χ3n) is 8.73. The summed E-state index contributed by atoms with van der Waals surface area (Å²) < 4.78 is 182. The quantitative estimate of drug-likeness (QED) is 0.129. The Hall–Kier alpha value is -2.42. The minimum Gasteiger partial charge on any atom is -0.465 e. The summed E-state index contributed by atoms with van der Waals surface area (Å²) >= 11 is 0. The number of esters is 1. The monoisotopic (exact) mass is 680 g/mol. The normalized spacial score (nSPS) is 17.0. The molecule has 1 aromatic rings. The fourth-order valence-electron chi connectivity index (χ4n) is 4.58. The molecule has 45 heavy (non-hydrogen) atoms. The number of halogens is 13. The fourth-order valence-corrected chi connectivity index (χ4v) is 4.58. The van der Waals surface area contributed by atoms with Gasteiger partial charge in [0.2, 0.25) is 0 Å². The van der Waals surface area contributed by atoms with Crippen molar-refractivity contribution in [2.45, 2.75) is 116 Å². The van der Waals surface area contributed by atoms with Crippen LogP contribution in [0.15, 0.2) is 24.3 Å². The molecule has 3 unspecified atom stereocenters. The Morgan fingerprint density at radius 3 is 1.56 bits per heavy atom. The van der Waals surface area contributed by atoms with Crippen LogP contribution in [-0.4, -0.2) is 48.6 Å². The second-order valence-corrected chi connectivity index (χ2v) is 11.9. The number of hydrogen-bond acceptors (Lipinski definition) is 3. The summed E-state index contributed by atoms with van der Waals surface area (Å²) in [5.74, 6) is -33.9. The van der Waals surface area contributed by atoms with Crippen molar-refractivity contribution >= 4 is 5.97 Å². The van der Waals surface area contributed by atoms with E-state index in [1.807, 2.05) is 27.7 Å². The molecule has 0 saturated carbocycles. The van der Waals surface area contributed by atoms with Crippen molar-refractivity contribution in [3.05, 3.63) is 29.8 Å². The number of benzene rings is 1. The van der Waals surface area contributed by atoms with Gasteiger partial charge in [-0.3, -0.25) is 4.79 Å². The zero-order valence-electron chi connectivity index (χ0n) is 25.6. The maximum atomic E-state index is 14.1. The maximum Gasteiger partial charge on any atom is 0.471 e. The average molecular weight is 681 g/mol. The van der Waals surface area contributed by atoms with Gasteiger partial charge in [0.1, 0.15) is 5.75 Å². The van der Waals surface area contributed by atoms with Crippen LogP contribution in [0, 0.1) is 16.7 Å². The zero-order valence-corrected chi connectivity index (χ0v) is 25.6. The molecule has 0 aliphatic heterocycles. The number of hydrogen-bond donors (Lipinski definition) is 0. The van der Waals surface area contributed by atoms with E-state index in [2.05, 4.69) is 11.7 Å². The number of carbonyl (C=O) groups excluding carboxylic acids is 1. The van der Waals surface area contributed by atoms with Crippen LogP contribution in [0.2, 0.25) is 0 Å². The molecule has 1 rings (SSSR count). The summed E-state index contributed by atoms with van der Waals surface area (Å²) in [6.07, 6.45) is -11.4. The minimum absolute atomic E-state index is 0.0685. The van der Waals surface area contributed by atoms with Crippen molar-refractivity contribution in [3.63, 3.8) is 0 Å².